The molecule has 0 aliphatic rings. The summed E-state index contributed by atoms with van der Waals surface area (Å²) in [6.45, 7) is 2.46. The number of alkyl halides is 3. The Bertz CT molecular complexity index is 615. The van der Waals surface area contributed by atoms with Crippen LogP contribution in [0.4, 0.5) is 30.8 Å². The maximum absolute atomic E-state index is 12.5. The molecule has 2 N–H and O–H groups in total. The van der Waals surface area contributed by atoms with E-state index >= 15 is 0 Å². The first-order valence-electron chi connectivity index (χ1n) is 5.98. The van der Waals surface area contributed by atoms with E-state index in [2.05, 4.69) is 25.6 Å². The maximum Gasteiger partial charge on any atom is 0.416 e. The van der Waals surface area contributed by atoms with Gasteiger partial charge in [-0.05, 0) is 42.8 Å². The molecule has 2 aromatic rings. The van der Waals surface area contributed by atoms with Gasteiger partial charge in [-0.3, -0.25) is 0 Å². The maximum atomic E-state index is 12.5. The Labute approximate surface area is 123 Å². The van der Waals surface area contributed by atoms with Crippen LogP contribution in [0.25, 0.3) is 0 Å². The predicted molar refractivity (Wildman–Crippen MR) is 73.7 cm³/mol. The van der Waals surface area contributed by atoms with Crippen LogP contribution in [0.2, 0.25) is 5.28 Å². The van der Waals surface area contributed by atoms with Crippen molar-refractivity contribution in [2.24, 2.45) is 0 Å². The first-order chi connectivity index (χ1) is 9.88. The molecule has 0 fully saturated rings. The Morgan fingerprint density at radius 1 is 1.05 bits per heavy atom. The van der Waals surface area contributed by atoms with Gasteiger partial charge in [0.1, 0.15) is 0 Å². The standard InChI is InChI=1S/C12H11ClF3N5/c1-2-17-10-19-9(13)20-11(21-10)18-8-5-3-7(4-6-8)12(14,15)16/h3-6H,2H2,1H3,(H2,17,18,19,20,21). The molecule has 0 saturated carbocycles. The van der Waals surface area contributed by atoms with Crippen molar-refractivity contribution in [2.45, 2.75) is 13.1 Å². The minimum Gasteiger partial charge on any atom is -0.354 e. The fraction of sp³-hybridized carbons (Fsp3) is 0.250. The van der Waals surface area contributed by atoms with E-state index in [1.807, 2.05) is 6.92 Å². The summed E-state index contributed by atoms with van der Waals surface area (Å²) < 4.78 is 37.4. The van der Waals surface area contributed by atoms with Gasteiger partial charge in [0.05, 0.1) is 5.56 Å². The lowest BCUT2D eigenvalue weighted by molar-refractivity contribution is -0.137. The number of nitrogens with one attached hydrogen (secondary N) is 2. The lowest BCUT2D eigenvalue weighted by Gasteiger charge is -2.09. The molecule has 0 bridgehead atoms. The van der Waals surface area contributed by atoms with Gasteiger partial charge in [-0.25, -0.2) is 0 Å². The predicted octanol–water partition coefficient (Wildman–Crippen LogP) is 3.72. The third kappa shape index (κ3) is 4.19. The van der Waals surface area contributed by atoms with Crippen molar-refractivity contribution in [3.63, 3.8) is 0 Å². The van der Waals surface area contributed by atoms with Gasteiger partial charge in [0.2, 0.25) is 17.2 Å². The average Bonchev–Trinajstić information content (AvgIpc) is 2.38. The molecule has 0 unspecified atom stereocenters. The zero-order chi connectivity index (χ0) is 15.5. The highest BCUT2D eigenvalue weighted by atomic mass is 35.5. The Morgan fingerprint density at radius 3 is 2.24 bits per heavy atom. The third-order valence-corrected chi connectivity index (χ3v) is 2.58. The van der Waals surface area contributed by atoms with Crippen molar-refractivity contribution < 1.29 is 13.2 Å². The third-order valence-electron chi connectivity index (χ3n) is 2.41. The van der Waals surface area contributed by atoms with Crippen LogP contribution in [0.5, 0.6) is 0 Å². The van der Waals surface area contributed by atoms with Crippen LogP contribution in [-0.4, -0.2) is 21.5 Å². The van der Waals surface area contributed by atoms with Gasteiger partial charge in [-0.15, -0.1) is 0 Å². The SMILES string of the molecule is CCNc1nc(Cl)nc(Nc2ccc(C(F)(F)F)cc2)n1. The fourth-order valence-electron chi connectivity index (χ4n) is 1.51. The number of hydrogen-bond donors (Lipinski definition) is 2. The molecule has 0 spiro atoms. The molecule has 1 heterocycles. The number of rotatable bonds is 4. The van der Waals surface area contributed by atoms with Crippen LogP contribution in [0.1, 0.15) is 12.5 Å². The molecule has 0 radical (unpaired) electrons. The van der Waals surface area contributed by atoms with Crippen molar-refractivity contribution in [3.8, 4) is 0 Å². The minimum absolute atomic E-state index is 0.0182. The first kappa shape index (κ1) is 15.3. The molecule has 1 aromatic carbocycles. The second kappa shape index (κ2) is 6.13. The minimum atomic E-state index is -4.37. The highest BCUT2D eigenvalue weighted by Gasteiger charge is 2.29. The van der Waals surface area contributed by atoms with Crippen LogP contribution < -0.4 is 10.6 Å². The quantitative estimate of drug-likeness (QED) is 0.900. The average molecular weight is 318 g/mol. The van der Waals surface area contributed by atoms with Crippen molar-refractivity contribution in [2.75, 3.05) is 17.2 Å². The second-order valence-corrected chi connectivity index (χ2v) is 4.32. The molecule has 0 aliphatic carbocycles. The Morgan fingerprint density at radius 2 is 1.67 bits per heavy atom. The summed E-state index contributed by atoms with van der Waals surface area (Å²) in [6, 6.07) is 4.51. The summed E-state index contributed by atoms with van der Waals surface area (Å²) in [5.41, 5.74) is -0.317. The molecule has 112 valence electrons. The zero-order valence-electron chi connectivity index (χ0n) is 10.9. The largest absolute Gasteiger partial charge is 0.416 e. The molecule has 5 nitrogen and oxygen atoms in total. The van der Waals surface area contributed by atoms with E-state index in [1.54, 1.807) is 0 Å². The summed E-state index contributed by atoms with van der Waals surface area (Å²) >= 11 is 5.75. The van der Waals surface area contributed by atoms with Crippen LogP contribution >= 0.6 is 11.6 Å². The first-order valence-corrected chi connectivity index (χ1v) is 6.36. The molecule has 2 rings (SSSR count). The second-order valence-electron chi connectivity index (χ2n) is 3.98. The van der Waals surface area contributed by atoms with Gasteiger partial charge >= 0.3 is 6.18 Å². The highest BCUT2D eigenvalue weighted by Crippen LogP contribution is 2.30. The fourth-order valence-corrected chi connectivity index (χ4v) is 1.67. The Hall–Kier alpha value is -2.09. The van der Waals surface area contributed by atoms with Crippen LogP contribution in [0.3, 0.4) is 0 Å². The summed E-state index contributed by atoms with van der Waals surface area (Å²) in [7, 11) is 0. The van der Waals surface area contributed by atoms with Crippen molar-refractivity contribution in [1.82, 2.24) is 15.0 Å². The van der Waals surface area contributed by atoms with Gasteiger partial charge in [-0.1, -0.05) is 0 Å². The van der Waals surface area contributed by atoms with Crippen LogP contribution in [0.15, 0.2) is 24.3 Å². The van der Waals surface area contributed by atoms with Crippen molar-refractivity contribution in [3.05, 3.63) is 35.1 Å². The van der Waals surface area contributed by atoms with Crippen molar-refractivity contribution >= 4 is 29.2 Å². The van der Waals surface area contributed by atoms with Gasteiger partial charge in [0.15, 0.2) is 0 Å². The Balaban J connectivity index is 2.18. The van der Waals surface area contributed by atoms with E-state index in [1.165, 1.54) is 12.1 Å². The topological polar surface area (TPSA) is 62.7 Å². The highest BCUT2D eigenvalue weighted by molar-refractivity contribution is 6.28. The molecule has 21 heavy (non-hydrogen) atoms. The van der Waals surface area contributed by atoms with Gasteiger partial charge in [0.25, 0.3) is 0 Å². The van der Waals surface area contributed by atoms with E-state index in [0.717, 1.165) is 12.1 Å². The van der Waals surface area contributed by atoms with Gasteiger partial charge < -0.3 is 10.6 Å². The summed E-state index contributed by atoms with van der Waals surface area (Å²) in [5, 5.41) is 5.62. The van der Waals surface area contributed by atoms with Gasteiger partial charge in [0, 0.05) is 12.2 Å². The smallest absolute Gasteiger partial charge is 0.354 e. The monoisotopic (exact) mass is 317 g/mol. The lowest BCUT2D eigenvalue weighted by atomic mass is 10.2. The van der Waals surface area contributed by atoms with E-state index < -0.39 is 11.7 Å². The number of aromatic nitrogens is 3. The molecule has 0 saturated heterocycles. The summed E-state index contributed by atoms with van der Waals surface area (Å²) in [4.78, 5) is 11.7. The van der Waals surface area contributed by atoms with Crippen LogP contribution in [0, 0.1) is 0 Å². The number of halogens is 4. The Kier molecular flexibility index (Phi) is 4.46. The van der Waals surface area contributed by atoms with Crippen molar-refractivity contribution in [1.29, 1.82) is 0 Å². The summed E-state index contributed by atoms with van der Waals surface area (Å²) in [5.74, 6) is 0.428. The number of nitrogens with zero attached hydrogens (tertiary/aromatic N) is 3. The van der Waals surface area contributed by atoms with E-state index in [4.69, 9.17) is 11.6 Å². The van der Waals surface area contributed by atoms with E-state index in [-0.39, 0.29) is 17.2 Å². The van der Waals surface area contributed by atoms with Crippen LogP contribution in [-0.2, 0) is 6.18 Å². The van der Waals surface area contributed by atoms with E-state index in [0.29, 0.717) is 12.2 Å². The molecule has 0 atom stereocenters. The zero-order valence-corrected chi connectivity index (χ0v) is 11.6. The number of anilines is 3. The normalized spacial score (nSPS) is 11.3. The molecular formula is C12H11ClF3N5. The summed E-state index contributed by atoms with van der Waals surface area (Å²) in [6.07, 6.45) is -4.37. The molecule has 0 aliphatic heterocycles. The molecule has 1 aromatic heterocycles. The number of benzene rings is 1. The molecule has 0 amide bonds. The number of hydrogen-bond acceptors (Lipinski definition) is 5. The molecular weight excluding hydrogens is 307 g/mol. The molecule has 9 heteroatoms. The lowest BCUT2D eigenvalue weighted by Crippen LogP contribution is -2.07. The van der Waals surface area contributed by atoms with Gasteiger partial charge in [-0.2, -0.15) is 28.1 Å². The van der Waals surface area contributed by atoms with E-state index in [9.17, 15) is 13.2 Å².